The van der Waals surface area contributed by atoms with Crippen LogP contribution in [0.1, 0.15) is 38.5 Å². The monoisotopic (exact) mass is 830 g/mol. The molecule has 2 bridgehead atoms. The van der Waals surface area contributed by atoms with Gasteiger partial charge in [0, 0.05) is 0 Å². The summed E-state index contributed by atoms with van der Waals surface area (Å²) in [5.41, 5.74) is 4.32. The first kappa shape index (κ1) is 28.0. The molecule has 2 saturated heterocycles. The fourth-order valence-electron chi connectivity index (χ4n) is 7.82. The molecule has 0 nitrogen and oxygen atoms in total. The van der Waals surface area contributed by atoms with Gasteiger partial charge < -0.3 is 0 Å². The van der Waals surface area contributed by atoms with Gasteiger partial charge >= 0.3 is 204 Å². The molecule has 2 aliphatic heterocycles. The zero-order valence-corrected chi connectivity index (χ0v) is 33.5. The van der Waals surface area contributed by atoms with Crippen molar-refractivity contribution in [1.82, 2.24) is 0 Å². The van der Waals surface area contributed by atoms with Crippen LogP contribution in [0.4, 0.5) is 0 Å². The van der Waals surface area contributed by atoms with Crippen molar-refractivity contribution in [1.29, 1.82) is 0 Å². The Labute approximate surface area is 201 Å². The van der Waals surface area contributed by atoms with E-state index in [9.17, 15) is 0 Å². The van der Waals surface area contributed by atoms with Crippen molar-refractivity contribution in [3.8, 4) is 0 Å². The predicted octanol–water partition coefficient (Wildman–Crippen LogP) is 8.92. The van der Waals surface area contributed by atoms with Crippen molar-refractivity contribution in [2.75, 3.05) is 0 Å². The first-order valence-electron chi connectivity index (χ1n) is 12.4. The van der Waals surface area contributed by atoms with Gasteiger partial charge in [-0.3, -0.25) is 0 Å². The number of hydrogen-bond acceptors (Lipinski definition) is 0. The molecule has 0 spiro atoms. The van der Waals surface area contributed by atoms with Crippen LogP contribution < -0.4 is 0 Å². The molecular formula is C24H51BSn4. The van der Waals surface area contributed by atoms with Gasteiger partial charge in [-0.2, -0.15) is 0 Å². The molecule has 0 aromatic rings. The molecule has 166 valence electrons. The molecule has 0 saturated carbocycles. The van der Waals surface area contributed by atoms with Gasteiger partial charge in [-0.15, -0.1) is 0 Å². The fourth-order valence-corrected chi connectivity index (χ4v) is 121. The average Bonchev–Trinajstić information content (AvgIpc) is 2.45. The molecule has 2 rings (SSSR count). The molecule has 2 aliphatic rings. The summed E-state index contributed by atoms with van der Waals surface area (Å²) in [5, 5.41) is 0. The molecule has 0 unspecified atom stereocenters. The van der Waals surface area contributed by atoms with E-state index in [1.54, 1.807) is 0 Å². The molecule has 0 aromatic carbocycles. The predicted molar refractivity (Wildman–Crippen MR) is 149 cm³/mol. The first-order valence-corrected chi connectivity index (χ1v) is 52.4. The van der Waals surface area contributed by atoms with Crippen LogP contribution in [-0.2, 0) is 0 Å². The van der Waals surface area contributed by atoms with Crippen molar-refractivity contribution >= 4 is 80.2 Å². The van der Waals surface area contributed by atoms with Crippen LogP contribution in [0.2, 0.25) is 72.3 Å². The number of hydrogen-bond donors (Lipinski definition) is 0. The third-order valence-corrected chi connectivity index (χ3v) is 92.0. The molecular weight excluding hydrogens is 774 g/mol. The van der Waals surface area contributed by atoms with E-state index in [0.717, 1.165) is 18.3 Å². The number of allylic oxidation sites excluding steroid dienone is 1. The summed E-state index contributed by atoms with van der Waals surface area (Å²) >= 11 is -8.82. The number of rotatable bonds is 6. The Balaban J connectivity index is 2.83. The maximum atomic E-state index is 4.32. The summed E-state index contributed by atoms with van der Waals surface area (Å²) < 4.78 is 2.59. The van der Waals surface area contributed by atoms with Crippen molar-refractivity contribution in [2.24, 2.45) is 0 Å². The SMILES string of the molecule is [CH3][Sn]([CH3])([CH3])[C](=C=C[C](B1C2CCCC1CCC2)([Sn]([CH3])([CH3])[CH3])[Sn]([CH3])([CH3])[CH3])[Sn]([CH3])([CH3])[CH3]. The summed E-state index contributed by atoms with van der Waals surface area (Å²) in [4.78, 5) is 32.8. The topological polar surface area (TPSA) is 0 Å². The van der Waals surface area contributed by atoms with E-state index >= 15 is 0 Å². The second-order valence-electron chi connectivity index (χ2n) is 14.4. The Bertz CT molecular complexity index is 596. The molecule has 0 atom stereocenters. The Morgan fingerprint density at radius 3 is 1.31 bits per heavy atom. The third kappa shape index (κ3) is 6.08. The van der Waals surface area contributed by atoms with Gasteiger partial charge in [0.05, 0.1) is 0 Å². The van der Waals surface area contributed by atoms with Crippen LogP contribution >= 0.6 is 0 Å². The van der Waals surface area contributed by atoms with E-state index in [0.29, 0.717) is 1.35 Å². The fraction of sp³-hybridized carbons (Fsp3) is 0.875. The molecule has 0 N–H and O–H groups in total. The van der Waals surface area contributed by atoms with Crippen molar-refractivity contribution in [3.63, 3.8) is 0 Å². The normalized spacial score (nSPS) is 24.2. The zero-order valence-electron chi connectivity index (χ0n) is 22.1. The molecule has 0 amide bonds. The van der Waals surface area contributed by atoms with Crippen LogP contribution in [0.25, 0.3) is 0 Å². The zero-order chi connectivity index (χ0) is 22.5. The average molecular weight is 825 g/mol. The molecule has 2 fully saturated rings. The Kier molecular flexibility index (Phi) is 9.47. The molecule has 0 radical (unpaired) electrons. The summed E-state index contributed by atoms with van der Waals surface area (Å²) in [6, 6.07) is 0. The molecule has 5 heteroatoms. The maximum absolute atomic E-state index is 4.32. The summed E-state index contributed by atoms with van der Waals surface area (Å²) in [5.74, 6) is 2.07. The van der Waals surface area contributed by atoms with Gasteiger partial charge in [-0.25, -0.2) is 0 Å². The van der Waals surface area contributed by atoms with E-state index in [4.69, 9.17) is 0 Å². The molecule has 0 aromatic heterocycles. The van der Waals surface area contributed by atoms with Gasteiger partial charge in [0.15, 0.2) is 0 Å². The minimum atomic E-state index is -2.30. The van der Waals surface area contributed by atoms with Crippen molar-refractivity contribution in [2.45, 2.75) is 111 Å². The van der Waals surface area contributed by atoms with Gasteiger partial charge in [-0.1, -0.05) is 0 Å². The molecule has 0 aliphatic carbocycles. The van der Waals surface area contributed by atoms with Crippen LogP contribution in [0, 0.1) is 0 Å². The van der Waals surface area contributed by atoms with Crippen LogP contribution in [0.3, 0.4) is 0 Å². The van der Waals surface area contributed by atoms with Crippen LogP contribution in [0.15, 0.2) is 13.4 Å². The van der Waals surface area contributed by atoms with Crippen molar-refractivity contribution in [3.05, 3.63) is 13.4 Å². The van der Waals surface area contributed by atoms with Crippen molar-refractivity contribution < 1.29 is 0 Å². The Morgan fingerprint density at radius 2 is 1.03 bits per heavy atom. The number of fused-ring (bicyclic) bond motifs is 2. The minimum absolute atomic E-state index is 0.638. The van der Waals surface area contributed by atoms with Crippen LogP contribution in [-0.4, -0.2) is 80.2 Å². The van der Waals surface area contributed by atoms with E-state index < -0.39 is 73.5 Å². The quantitative estimate of drug-likeness (QED) is 0.186. The summed E-state index contributed by atoms with van der Waals surface area (Å²) in [7, 11) is 0. The van der Waals surface area contributed by atoms with Gasteiger partial charge in [-0.05, 0) is 0 Å². The van der Waals surface area contributed by atoms with E-state index in [1.807, 2.05) is 1.60 Å². The van der Waals surface area contributed by atoms with Gasteiger partial charge in [0.25, 0.3) is 0 Å². The van der Waals surface area contributed by atoms with E-state index in [1.165, 1.54) is 38.5 Å². The second kappa shape index (κ2) is 9.80. The van der Waals surface area contributed by atoms with E-state index in [2.05, 4.69) is 71.1 Å². The molecule has 2 heterocycles. The van der Waals surface area contributed by atoms with E-state index in [-0.39, 0.29) is 0 Å². The summed E-state index contributed by atoms with van der Waals surface area (Å²) in [6.45, 7) is 1.02. The van der Waals surface area contributed by atoms with Crippen LogP contribution in [0.5, 0.6) is 0 Å². The Morgan fingerprint density at radius 1 is 0.690 bits per heavy atom. The van der Waals surface area contributed by atoms with Gasteiger partial charge in [0.2, 0.25) is 0 Å². The first-order chi connectivity index (χ1) is 12.9. The third-order valence-electron chi connectivity index (χ3n) is 8.27. The standard InChI is InChI=1S/C12H15B.12CH3.4Sn/c1-2-3-10-13-11-6-4-7-12(13)9-5-8-11;;;;;;;;;;;;;;;;/h3,11-12H,4-9H2;12*1H3;;;;. The summed E-state index contributed by atoms with van der Waals surface area (Å²) in [6.07, 6.45) is 12.1. The Hall–Kier alpha value is 2.78. The van der Waals surface area contributed by atoms with Gasteiger partial charge in [0.1, 0.15) is 0 Å². The molecule has 29 heavy (non-hydrogen) atoms. The second-order valence-corrected chi connectivity index (χ2v) is 81.5.